The molecule has 2 atom stereocenters. The number of benzene rings is 1. The average molecular weight is 221 g/mol. The van der Waals surface area contributed by atoms with Crippen LogP contribution in [0, 0.1) is 18.7 Å². The summed E-state index contributed by atoms with van der Waals surface area (Å²) in [5.74, 6) is 0.536. The lowest BCUT2D eigenvalue weighted by atomic mass is 9.87. The SMILES string of the molecule is CCC1CCC(N)(c2cc(C)cc(F)c2)C1. The van der Waals surface area contributed by atoms with Gasteiger partial charge in [0.15, 0.2) is 0 Å². The van der Waals surface area contributed by atoms with Gasteiger partial charge in [0.2, 0.25) is 0 Å². The van der Waals surface area contributed by atoms with E-state index in [0.717, 1.165) is 24.0 Å². The van der Waals surface area contributed by atoms with E-state index in [9.17, 15) is 4.39 Å². The molecule has 0 bridgehead atoms. The lowest BCUT2D eigenvalue weighted by Gasteiger charge is -2.25. The van der Waals surface area contributed by atoms with E-state index in [1.165, 1.54) is 12.8 Å². The van der Waals surface area contributed by atoms with E-state index in [4.69, 9.17) is 5.73 Å². The topological polar surface area (TPSA) is 26.0 Å². The highest BCUT2D eigenvalue weighted by molar-refractivity contribution is 5.30. The maximum Gasteiger partial charge on any atom is 0.123 e. The van der Waals surface area contributed by atoms with Gasteiger partial charge in [0.1, 0.15) is 5.82 Å². The van der Waals surface area contributed by atoms with Crippen molar-refractivity contribution in [3.05, 3.63) is 35.1 Å². The van der Waals surface area contributed by atoms with Crippen LogP contribution >= 0.6 is 0 Å². The largest absolute Gasteiger partial charge is 0.321 e. The van der Waals surface area contributed by atoms with Crippen molar-refractivity contribution in [3.8, 4) is 0 Å². The molecule has 1 aromatic carbocycles. The Labute approximate surface area is 96.9 Å². The van der Waals surface area contributed by atoms with Crippen molar-refractivity contribution in [2.45, 2.75) is 45.1 Å². The molecule has 1 saturated carbocycles. The Hall–Kier alpha value is -0.890. The van der Waals surface area contributed by atoms with Crippen LogP contribution in [0.5, 0.6) is 0 Å². The molecular weight excluding hydrogens is 201 g/mol. The van der Waals surface area contributed by atoms with Crippen LogP contribution < -0.4 is 5.73 Å². The molecule has 88 valence electrons. The van der Waals surface area contributed by atoms with Crippen LogP contribution in [0.4, 0.5) is 4.39 Å². The number of nitrogens with two attached hydrogens (primary N) is 1. The van der Waals surface area contributed by atoms with E-state index in [-0.39, 0.29) is 11.4 Å². The molecule has 0 saturated heterocycles. The number of hydrogen-bond donors (Lipinski definition) is 1. The Kier molecular flexibility index (Phi) is 3.02. The quantitative estimate of drug-likeness (QED) is 0.812. The summed E-state index contributed by atoms with van der Waals surface area (Å²) < 4.78 is 13.4. The molecule has 0 heterocycles. The summed E-state index contributed by atoms with van der Waals surface area (Å²) in [6.45, 7) is 4.12. The number of aryl methyl sites for hydroxylation is 1. The lowest BCUT2D eigenvalue weighted by Crippen LogP contribution is -2.33. The van der Waals surface area contributed by atoms with Crippen LogP contribution in [0.2, 0.25) is 0 Å². The summed E-state index contributed by atoms with van der Waals surface area (Å²) in [7, 11) is 0. The van der Waals surface area contributed by atoms with Crippen LogP contribution in [-0.4, -0.2) is 0 Å². The minimum atomic E-state index is -0.298. The predicted octanol–water partition coefficient (Wildman–Crippen LogP) is 3.50. The lowest BCUT2D eigenvalue weighted by molar-refractivity contribution is 0.422. The second-order valence-electron chi connectivity index (χ2n) is 5.19. The maximum absolute atomic E-state index is 13.4. The van der Waals surface area contributed by atoms with E-state index < -0.39 is 0 Å². The smallest absolute Gasteiger partial charge is 0.123 e. The van der Waals surface area contributed by atoms with Crippen molar-refractivity contribution in [2.75, 3.05) is 0 Å². The van der Waals surface area contributed by atoms with Crippen molar-refractivity contribution >= 4 is 0 Å². The standard InChI is InChI=1S/C14H20FN/c1-3-11-4-5-14(16,9-11)12-6-10(2)7-13(15)8-12/h6-8,11H,3-5,9,16H2,1-2H3. The molecule has 2 heteroatoms. The summed E-state index contributed by atoms with van der Waals surface area (Å²) in [5, 5.41) is 0. The van der Waals surface area contributed by atoms with Gasteiger partial charge in [0, 0.05) is 5.54 Å². The molecule has 1 aliphatic rings. The van der Waals surface area contributed by atoms with Crippen molar-refractivity contribution in [1.29, 1.82) is 0 Å². The molecule has 0 radical (unpaired) electrons. The van der Waals surface area contributed by atoms with Gasteiger partial charge in [0.25, 0.3) is 0 Å². The first-order chi connectivity index (χ1) is 7.53. The van der Waals surface area contributed by atoms with Gasteiger partial charge in [-0.2, -0.15) is 0 Å². The monoisotopic (exact) mass is 221 g/mol. The highest BCUT2D eigenvalue weighted by Crippen LogP contribution is 2.41. The molecule has 1 aliphatic carbocycles. The highest BCUT2D eigenvalue weighted by atomic mass is 19.1. The summed E-state index contributed by atoms with van der Waals surface area (Å²) in [5.41, 5.74) is 8.05. The normalized spacial score (nSPS) is 29.6. The molecule has 2 rings (SSSR count). The molecule has 1 nitrogen and oxygen atoms in total. The predicted molar refractivity (Wildman–Crippen MR) is 64.6 cm³/mol. The Morgan fingerprint density at radius 3 is 2.75 bits per heavy atom. The fraction of sp³-hybridized carbons (Fsp3) is 0.571. The summed E-state index contributed by atoms with van der Waals surface area (Å²) in [6.07, 6.45) is 4.32. The zero-order chi connectivity index (χ0) is 11.8. The first kappa shape index (κ1) is 11.6. The summed E-state index contributed by atoms with van der Waals surface area (Å²) in [6, 6.07) is 5.19. The summed E-state index contributed by atoms with van der Waals surface area (Å²) in [4.78, 5) is 0. The third kappa shape index (κ3) is 2.12. The molecule has 0 aromatic heterocycles. The van der Waals surface area contributed by atoms with Gasteiger partial charge in [-0.05, 0) is 55.4 Å². The van der Waals surface area contributed by atoms with Crippen molar-refractivity contribution < 1.29 is 4.39 Å². The Morgan fingerprint density at radius 2 is 2.19 bits per heavy atom. The fourth-order valence-electron chi connectivity index (χ4n) is 2.82. The zero-order valence-corrected chi connectivity index (χ0v) is 10.1. The Bertz CT molecular complexity index is 368. The van der Waals surface area contributed by atoms with Gasteiger partial charge in [-0.15, -0.1) is 0 Å². The Morgan fingerprint density at radius 1 is 1.44 bits per heavy atom. The first-order valence-corrected chi connectivity index (χ1v) is 6.10. The summed E-state index contributed by atoms with van der Waals surface area (Å²) >= 11 is 0. The molecule has 0 spiro atoms. The molecule has 1 aromatic rings. The third-order valence-electron chi connectivity index (χ3n) is 3.85. The van der Waals surface area contributed by atoms with Crippen LogP contribution in [0.3, 0.4) is 0 Å². The minimum absolute atomic E-state index is 0.167. The van der Waals surface area contributed by atoms with Crippen molar-refractivity contribution in [1.82, 2.24) is 0 Å². The van der Waals surface area contributed by atoms with Gasteiger partial charge in [0.05, 0.1) is 0 Å². The Balaban J connectivity index is 2.29. The average Bonchev–Trinajstić information content (AvgIpc) is 2.60. The van der Waals surface area contributed by atoms with Crippen molar-refractivity contribution in [3.63, 3.8) is 0 Å². The maximum atomic E-state index is 13.4. The second-order valence-corrected chi connectivity index (χ2v) is 5.19. The molecule has 16 heavy (non-hydrogen) atoms. The zero-order valence-electron chi connectivity index (χ0n) is 10.1. The first-order valence-electron chi connectivity index (χ1n) is 6.10. The van der Waals surface area contributed by atoms with E-state index in [0.29, 0.717) is 5.92 Å². The van der Waals surface area contributed by atoms with E-state index >= 15 is 0 Å². The molecule has 2 unspecified atom stereocenters. The van der Waals surface area contributed by atoms with Gasteiger partial charge >= 0.3 is 0 Å². The van der Waals surface area contributed by atoms with Crippen LogP contribution in [-0.2, 0) is 5.54 Å². The van der Waals surface area contributed by atoms with E-state index in [1.807, 2.05) is 13.0 Å². The van der Waals surface area contributed by atoms with E-state index in [1.54, 1.807) is 12.1 Å². The molecule has 0 amide bonds. The number of halogens is 1. The van der Waals surface area contributed by atoms with Crippen LogP contribution in [0.1, 0.15) is 43.7 Å². The second kappa shape index (κ2) is 4.17. The number of hydrogen-bond acceptors (Lipinski definition) is 1. The molecule has 0 aliphatic heterocycles. The van der Waals surface area contributed by atoms with Crippen molar-refractivity contribution in [2.24, 2.45) is 11.7 Å². The van der Waals surface area contributed by atoms with Gasteiger partial charge < -0.3 is 5.73 Å². The van der Waals surface area contributed by atoms with Gasteiger partial charge in [-0.1, -0.05) is 19.4 Å². The van der Waals surface area contributed by atoms with Crippen LogP contribution in [0.25, 0.3) is 0 Å². The fourth-order valence-corrected chi connectivity index (χ4v) is 2.82. The van der Waals surface area contributed by atoms with Gasteiger partial charge in [-0.25, -0.2) is 4.39 Å². The van der Waals surface area contributed by atoms with E-state index in [2.05, 4.69) is 6.92 Å². The van der Waals surface area contributed by atoms with Crippen LogP contribution in [0.15, 0.2) is 18.2 Å². The molecule has 2 N–H and O–H groups in total. The third-order valence-corrected chi connectivity index (χ3v) is 3.85. The minimum Gasteiger partial charge on any atom is -0.321 e. The number of rotatable bonds is 2. The van der Waals surface area contributed by atoms with Gasteiger partial charge in [-0.3, -0.25) is 0 Å². The molecule has 1 fully saturated rings. The highest BCUT2D eigenvalue weighted by Gasteiger charge is 2.36. The molecular formula is C14H20FN.